The van der Waals surface area contributed by atoms with Crippen molar-refractivity contribution in [2.45, 2.75) is 40.2 Å². The molecule has 2 N–H and O–H groups in total. The third kappa shape index (κ3) is 8.17. The summed E-state index contributed by atoms with van der Waals surface area (Å²) in [6, 6.07) is 0. The van der Waals surface area contributed by atoms with Gasteiger partial charge in [0, 0.05) is 12.4 Å². The molecule has 9 heteroatoms. The minimum absolute atomic E-state index is 0.235. The minimum atomic E-state index is -0.973. The number of amides is 2. The average molecular weight is 433 g/mol. The Hall–Kier alpha value is -2.99. The number of anilines is 1. The number of allylic oxidation sites excluding steroid dienone is 1. The molecule has 0 spiro atoms. The molecule has 1 aromatic rings. The Morgan fingerprint density at radius 2 is 2.07 bits per heavy atom. The molecule has 0 aliphatic rings. The third-order valence-electron chi connectivity index (χ3n) is 3.67. The molecule has 0 saturated carbocycles. The molecular weight excluding hydrogens is 401 g/mol. The average Bonchev–Trinajstić information content (AvgIpc) is 3.22. The van der Waals surface area contributed by atoms with Gasteiger partial charge < -0.3 is 15.4 Å². The standard InChI is InChI=1S/C19H26N5O3P.C2H6/c1-7-9-27-16(28-6)12-21-18(26)19(3,4)24-13-15(11-22-24)23-17(25)14(8-2)10-20-5;1-2/h7-11,13H,2,5,12H2,1,3-4,6H3,(H,21,26)(H,23,25);1-2H3/b9-7-,14-10+;. The lowest BCUT2D eigenvalue weighted by atomic mass is 10.1. The predicted molar refractivity (Wildman–Crippen MR) is 126 cm³/mol. The van der Waals surface area contributed by atoms with Gasteiger partial charge in [-0.1, -0.05) is 40.8 Å². The number of ether oxygens (including phenoxy) is 1. The molecule has 0 unspecified atom stereocenters. The highest BCUT2D eigenvalue weighted by molar-refractivity contribution is 7.39. The normalized spacial score (nSPS) is 11.9. The van der Waals surface area contributed by atoms with Crippen LogP contribution in [0.25, 0.3) is 0 Å². The number of carbonyl (C=O) groups is 2. The topological polar surface area (TPSA) is 97.6 Å². The van der Waals surface area contributed by atoms with E-state index in [4.69, 9.17) is 4.74 Å². The lowest BCUT2D eigenvalue weighted by Gasteiger charge is -2.24. The summed E-state index contributed by atoms with van der Waals surface area (Å²) >= 11 is 0. The van der Waals surface area contributed by atoms with Gasteiger partial charge in [0.2, 0.25) is 5.91 Å². The maximum Gasteiger partial charge on any atom is 0.257 e. The van der Waals surface area contributed by atoms with E-state index >= 15 is 0 Å². The number of aliphatic imine (C=N–C) groups is 1. The van der Waals surface area contributed by atoms with E-state index in [1.807, 2.05) is 27.4 Å². The number of nitrogens with one attached hydrogen (secondary N) is 2. The fraction of sp³-hybridized carbons (Fsp3) is 0.381. The molecule has 164 valence electrons. The van der Waals surface area contributed by atoms with Crippen molar-refractivity contribution >= 4 is 37.9 Å². The molecule has 0 aromatic carbocycles. The summed E-state index contributed by atoms with van der Waals surface area (Å²) in [6.45, 7) is 18.4. The largest absolute Gasteiger partial charge is 0.463 e. The first-order chi connectivity index (χ1) is 14.3. The Bertz CT molecular complexity index is 822. The zero-order chi connectivity index (χ0) is 23.2. The van der Waals surface area contributed by atoms with E-state index in [1.54, 1.807) is 32.4 Å². The van der Waals surface area contributed by atoms with Gasteiger partial charge in [0.25, 0.3) is 5.91 Å². The molecule has 0 saturated heterocycles. The van der Waals surface area contributed by atoms with Crippen molar-refractivity contribution in [3.8, 4) is 0 Å². The first kappa shape index (κ1) is 27.0. The Labute approximate surface area is 180 Å². The predicted octanol–water partition coefficient (Wildman–Crippen LogP) is 3.73. The summed E-state index contributed by atoms with van der Waals surface area (Å²) in [6.07, 6.45) is 9.07. The van der Waals surface area contributed by atoms with Gasteiger partial charge in [-0.3, -0.25) is 19.3 Å². The number of carbonyl (C=O) groups excluding carboxylic acids is 2. The van der Waals surface area contributed by atoms with E-state index < -0.39 is 11.4 Å². The number of rotatable bonds is 10. The second kappa shape index (κ2) is 14.1. The molecule has 0 atom stereocenters. The molecule has 1 heterocycles. The molecule has 0 radical (unpaired) electrons. The van der Waals surface area contributed by atoms with Crippen LogP contribution in [0.1, 0.15) is 34.6 Å². The summed E-state index contributed by atoms with van der Waals surface area (Å²) in [5.41, 5.74) is 0.454. The van der Waals surface area contributed by atoms with Crippen LogP contribution in [0.4, 0.5) is 5.69 Å². The molecule has 1 rings (SSSR count). The smallest absolute Gasteiger partial charge is 0.257 e. The fourth-order valence-electron chi connectivity index (χ4n) is 1.99. The zero-order valence-corrected chi connectivity index (χ0v) is 19.5. The van der Waals surface area contributed by atoms with E-state index in [-0.39, 0.29) is 18.0 Å². The van der Waals surface area contributed by atoms with E-state index in [0.29, 0.717) is 5.69 Å². The van der Waals surface area contributed by atoms with Crippen LogP contribution in [0.3, 0.4) is 0 Å². The molecule has 0 aliphatic carbocycles. The van der Waals surface area contributed by atoms with Crippen molar-refractivity contribution in [1.29, 1.82) is 0 Å². The third-order valence-corrected chi connectivity index (χ3v) is 4.43. The molecule has 1 aromatic heterocycles. The van der Waals surface area contributed by atoms with Crippen LogP contribution < -0.4 is 10.6 Å². The van der Waals surface area contributed by atoms with Crippen LogP contribution >= 0.6 is 8.20 Å². The van der Waals surface area contributed by atoms with Crippen molar-refractivity contribution in [1.82, 2.24) is 15.1 Å². The SMILES string of the molecule is C=C/C(=C\N=C)C(=O)Nc1cnn(C(C)(C)C(=O)NCC(O/C=C\C)=PC)c1.CC. The fourth-order valence-corrected chi connectivity index (χ4v) is 2.40. The van der Waals surface area contributed by atoms with Gasteiger partial charge in [-0.05, 0) is 34.2 Å². The maximum absolute atomic E-state index is 12.6. The van der Waals surface area contributed by atoms with Gasteiger partial charge >= 0.3 is 0 Å². The van der Waals surface area contributed by atoms with Gasteiger partial charge in [-0.25, -0.2) is 0 Å². The molecule has 2 amide bonds. The minimum Gasteiger partial charge on any atom is -0.463 e. The Morgan fingerprint density at radius 1 is 1.40 bits per heavy atom. The van der Waals surface area contributed by atoms with Crippen molar-refractivity contribution < 1.29 is 14.3 Å². The molecular formula is C21H32N5O3P. The molecule has 0 fully saturated rings. The Balaban J connectivity index is 0.00000407. The van der Waals surface area contributed by atoms with Gasteiger partial charge in [0.15, 0.2) is 0 Å². The van der Waals surface area contributed by atoms with Crippen molar-refractivity contribution in [2.75, 3.05) is 18.5 Å². The maximum atomic E-state index is 12.6. The number of hydrogen-bond donors (Lipinski definition) is 2. The van der Waals surface area contributed by atoms with E-state index in [0.717, 1.165) is 13.7 Å². The van der Waals surface area contributed by atoms with E-state index in [9.17, 15) is 9.59 Å². The zero-order valence-electron chi connectivity index (χ0n) is 18.6. The van der Waals surface area contributed by atoms with Gasteiger partial charge in [0.1, 0.15) is 11.0 Å². The van der Waals surface area contributed by atoms with Gasteiger partial charge in [0.05, 0.1) is 30.3 Å². The number of aromatic nitrogens is 2. The van der Waals surface area contributed by atoms with Gasteiger partial charge in [-0.2, -0.15) is 5.10 Å². The highest BCUT2D eigenvalue weighted by atomic mass is 31.1. The highest BCUT2D eigenvalue weighted by Gasteiger charge is 2.30. The molecule has 8 nitrogen and oxygen atoms in total. The van der Waals surface area contributed by atoms with Crippen molar-refractivity contribution in [3.05, 3.63) is 49.2 Å². The van der Waals surface area contributed by atoms with Crippen LogP contribution in [-0.4, -0.2) is 47.0 Å². The van der Waals surface area contributed by atoms with Gasteiger partial charge in [-0.15, -0.1) is 0 Å². The second-order valence-electron chi connectivity index (χ2n) is 6.05. The highest BCUT2D eigenvalue weighted by Crippen LogP contribution is 2.18. The Kier molecular flexibility index (Phi) is 12.7. The lowest BCUT2D eigenvalue weighted by molar-refractivity contribution is -0.128. The van der Waals surface area contributed by atoms with E-state index in [2.05, 4.69) is 34.0 Å². The second-order valence-corrected chi connectivity index (χ2v) is 6.99. The van der Waals surface area contributed by atoms with Crippen molar-refractivity contribution in [2.24, 2.45) is 4.99 Å². The number of nitrogens with zero attached hydrogens (tertiary/aromatic N) is 3. The van der Waals surface area contributed by atoms with Crippen LogP contribution in [0.2, 0.25) is 0 Å². The molecule has 0 bridgehead atoms. The molecule has 30 heavy (non-hydrogen) atoms. The summed E-state index contributed by atoms with van der Waals surface area (Å²) in [7, 11) is 0.925. The number of hydrogen-bond acceptors (Lipinski definition) is 5. The van der Waals surface area contributed by atoms with Crippen LogP contribution in [0.5, 0.6) is 0 Å². The molecule has 0 aliphatic heterocycles. The summed E-state index contributed by atoms with van der Waals surface area (Å²) in [5.74, 6) is -0.632. The first-order valence-corrected chi connectivity index (χ1v) is 10.8. The van der Waals surface area contributed by atoms with Crippen LogP contribution in [0.15, 0.2) is 54.2 Å². The van der Waals surface area contributed by atoms with Crippen molar-refractivity contribution in [3.63, 3.8) is 0 Å². The Morgan fingerprint density at radius 3 is 2.60 bits per heavy atom. The van der Waals surface area contributed by atoms with Crippen LogP contribution in [0, 0.1) is 0 Å². The lowest BCUT2D eigenvalue weighted by Crippen LogP contribution is -2.46. The first-order valence-electron chi connectivity index (χ1n) is 9.46. The summed E-state index contributed by atoms with van der Waals surface area (Å²) in [5, 5.41) is 9.72. The summed E-state index contributed by atoms with van der Waals surface area (Å²) < 4.78 is 6.91. The van der Waals surface area contributed by atoms with Crippen LogP contribution in [-0.2, 0) is 19.9 Å². The quantitative estimate of drug-likeness (QED) is 0.193. The van der Waals surface area contributed by atoms with E-state index in [1.165, 1.54) is 23.2 Å². The monoisotopic (exact) mass is 433 g/mol. The summed E-state index contributed by atoms with van der Waals surface area (Å²) in [4.78, 5) is 28.3.